The molecule has 0 bridgehead atoms. The van der Waals surface area contributed by atoms with E-state index < -0.39 is 5.60 Å². The summed E-state index contributed by atoms with van der Waals surface area (Å²) in [6, 6.07) is 9.91. The van der Waals surface area contributed by atoms with Crippen LogP contribution >= 0.6 is 0 Å². The fourth-order valence-corrected chi connectivity index (χ4v) is 3.89. The van der Waals surface area contributed by atoms with Crippen molar-refractivity contribution in [1.29, 1.82) is 0 Å². The first-order valence-corrected chi connectivity index (χ1v) is 10.7. The summed E-state index contributed by atoms with van der Waals surface area (Å²) < 4.78 is 12.8. The van der Waals surface area contributed by atoms with E-state index in [-0.39, 0.29) is 12.0 Å². The van der Waals surface area contributed by atoms with E-state index in [1.165, 1.54) is 0 Å². The SMILES string of the molecule is C#Cc1nc(C2CCN(C(=O)OC(C)(C)C)C2)nc2c1ccn2Cc1ccc(OC)cc1. The molecular weight excluding hydrogens is 404 g/mol. The molecule has 7 heteroatoms. The van der Waals surface area contributed by atoms with Crippen LogP contribution in [0.15, 0.2) is 36.5 Å². The van der Waals surface area contributed by atoms with Crippen LogP contribution in [0.4, 0.5) is 4.79 Å². The van der Waals surface area contributed by atoms with Crippen LogP contribution in [0.5, 0.6) is 5.75 Å². The van der Waals surface area contributed by atoms with Crippen molar-refractivity contribution in [3.8, 4) is 18.1 Å². The highest BCUT2D eigenvalue weighted by atomic mass is 16.6. The van der Waals surface area contributed by atoms with Crippen LogP contribution in [0.2, 0.25) is 0 Å². The maximum absolute atomic E-state index is 12.5. The highest BCUT2D eigenvalue weighted by molar-refractivity contribution is 5.81. The van der Waals surface area contributed by atoms with Crippen molar-refractivity contribution in [2.24, 2.45) is 0 Å². The molecule has 1 unspecified atom stereocenters. The molecule has 3 heterocycles. The van der Waals surface area contributed by atoms with Gasteiger partial charge in [0.05, 0.1) is 12.5 Å². The van der Waals surface area contributed by atoms with E-state index in [1.54, 1.807) is 12.0 Å². The van der Waals surface area contributed by atoms with Crippen molar-refractivity contribution < 1.29 is 14.3 Å². The Morgan fingerprint density at radius 2 is 1.97 bits per heavy atom. The minimum atomic E-state index is -0.524. The molecule has 1 amide bonds. The fourth-order valence-electron chi connectivity index (χ4n) is 3.89. The van der Waals surface area contributed by atoms with Gasteiger partial charge in [0.15, 0.2) is 0 Å². The Morgan fingerprint density at radius 1 is 1.22 bits per heavy atom. The molecule has 1 atom stereocenters. The number of nitrogens with zero attached hydrogens (tertiary/aromatic N) is 4. The quantitative estimate of drug-likeness (QED) is 0.578. The third-order valence-corrected chi connectivity index (χ3v) is 5.49. The molecule has 32 heavy (non-hydrogen) atoms. The molecule has 2 aromatic heterocycles. The van der Waals surface area contributed by atoms with Gasteiger partial charge in [-0.15, -0.1) is 6.42 Å². The van der Waals surface area contributed by atoms with Gasteiger partial charge in [0.25, 0.3) is 0 Å². The Bertz CT molecular complexity index is 1170. The number of carbonyl (C=O) groups is 1. The average Bonchev–Trinajstić information content (AvgIpc) is 3.40. The van der Waals surface area contributed by atoms with Gasteiger partial charge < -0.3 is 18.9 Å². The lowest BCUT2D eigenvalue weighted by atomic mass is 10.1. The Morgan fingerprint density at radius 3 is 2.62 bits per heavy atom. The number of amides is 1. The van der Waals surface area contributed by atoms with Crippen LogP contribution in [-0.4, -0.2) is 51.3 Å². The van der Waals surface area contributed by atoms with Crippen molar-refractivity contribution in [2.45, 2.75) is 45.3 Å². The van der Waals surface area contributed by atoms with E-state index >= 15 is 0 Å². The topological polar surface area (TPSA) is 69.5 Å². The van der Waals surface area contributed by atoms with Crippen molar-refractivity contribution in [3.63, 3.8) is 0 Å². The zero-order valence-electron chi connectivity index (χ0n) is 19.0. The molecule has 1 aromatic carbocycles. The monoisotopic (exact) mass is 432 g/mol. The van der Waals surface area contributed by atoms with Crippen LogP contribution in [0.3, 0.4) is 0 Å². The molecule has 1 aliphatic rings. The summed E-state index contributed by atoms with van der Waals surface area (Å²) in [5.74, 6) is 4.21. The number of rotatable bonds is 4. The van der Waals surface area contributed by atoms with Gasteiger partial charge in [0, 0.05) is 31.7 Å². The molecule has 0 radical (unpaired) electrons. The number of methoxy groups -OCH3 is 1. The summed E-state index contributed by atoms with van der Waals surface area (Å²) in [7, 11) is 1.65. The maximum atomic E-state index is 12.5. The van der Waals surface area contributed by atoms with E-state index in [0.717, 1.165) is 28.8 Å². The highest BCUT2D eigenvalue weighted by Gasteiger charge is 2.32. The number of ether oxygens (including phenoxy) is 2. The lowest BCUT2D eigenvalue weighted by Gasteiger charge is -2.24. The van der Waals surface area contributed by atoms with Crippen LogP contribution in [0.1, 0.15) is 50.2 Å². The van der Waals surface area contributed by atoms with Gasteiger partial charge in [-0.25, -0.2) is 14.8 Å². The normalized spacial score (nSPS) is 16.2. The summed E-state index contributed by atoms with van der Waals surface area (Å²) in [5, 5.41) is 0.853. The Balaban J connectivity index is 1.60. The Hall–Kier alpha value is -3.53. The minimum Gasteiger partial charge on any atom is -0.497 e. The molecule has 1 fully saturated rings. The smallest absolute Gasteiger partial charge is 0.410 e. The first-order valence-electron chi connectivity index (χ1n) is 10.7. The van der Waals surface area contributed by atoms with E-state index in [9.17, 15) is 4.79 Å². The fraction of sp³-hybridized carbons (Fsp3) is 0.400. The lowest BCUT2D eigenvalue weighted by molar-refractivity contribution is 0.0292. The summed E-state index contributed by atoms with van der Waals surface area (Å²) in [6.07, 6.45) is 8.22. The third kappa shape index (κ3) is 4.54. The predicted octanol–water partition coefficient (Wildman–Crippen LogP) is 4.19. The number of hydrogen-bond donors (Lipinski definition) is 0. The average molecular weight is 433 g/mol. The van der Waals surface area contributed by atoms with Crippen LogP contribution in [0.25, 0.3) is 11.0 Å². The van der Waals surface area contributed by atoms with Gasteiger partial charge >= 0.3 is 6.09 Å². The van der Waals surface area contributed by atoms with Gasteiger partial charge in [0.1, 0.15) is 28.5 Å². The second-order valence-corrected chi connectivity index (χ2v) is 9.02. The molecule has 0 spiro atoms. The number of aromatic nitrogens is 3. The second kappa shape index (κ2) is 8.54. The predicted molar refractivity (Wildman–Crippen MR) is 123 cm³/mol. The number of benzene rings is 1. The summed E-state index contributed by atoms with van der Waals surface area (Å²) in [5.41, 5.74) is 1.98. The van der Waals surface area contributed by atoms with Gasteiger partial charge in [0.2, 0.25) is 0 Å². The summed E-state index contributed by atoms with van der Waals surface area (Å²) in [4.78, 5) is 23.7. The molecule has 1 aliphatic heterocycles. The Kier molecular flexibility index (Phi) is 5.79. The molecular formula is C25H28N4O3. The summed E-state index contributed by atoms with van der Waals surface area (Å²) >= 11 is 0. The molecule has 3 aromatic rings. The van der Waals surface area contributed by atoms with Crippen molar-refractivity contribution >= 4 is 17.1 Å². The van der Waals surface area contributed by atoms with Gasteiger partial charge in [-0.2, -0.15) is 0 Å². The van der Waals surface area contributed by atoms with Crippen LogP contribution in [0, 0.1) is 12.3 Å². The first-order chi connectivity index (χ1) is 15.3. The Labute approximate surface area is 188 Å². The largest absolute Gasteiger partial charge is 0.497 e. The molecule has 4 rings (SSSR count). The van der Waals surface area contributed by atoms with Crippen molar-refractivity contribution in [1.82, 2.24) is 19.4 Å². The van der Waals surface area contributed by atoms with Crippen LogP contribution in [-0.2, 0) is 11.3 Å². The molecule has 7 nitrogen and oxygen atoms in total. The number of hydrogen-bond acceptors (Lipinski definition) is 5. The van der Waals surface area contributed by atoms with E-state index in [1.807, 2.05) is 57.3 Å². The molecule has 1 saturated heterocycles. The molecule has 0 saturated carbocycles. The zero-order valence-corrected chi connectivity index (χ0v) is 19.0. The maximum Gasteiger partial charge on any atom is 0.410 e. The van der Waals surface area contributed by atoms with E-state index in [4.69, 9.17) is 20.9 Å². The third-order valence-electron chi connectivity index (χ3n) is 5.49. The number of fused-ring (bicyclic) bond motifs is 1. The van der Waals surface area contributed by atoms with Crippen LogP contribution < -0.4 is 4.74 Å². The molecule has 166 valence electrons. The number of carbonyl (C=O) groups excluding carboxylic acids is 1. The molecule has 0 N–H and O–H groups in total. The zero-order chi connectivity index (χ0) is 22.9. The van der Waals surface area contributed by atoms with Crippen molar-refractivity contribution in [3.05, 3.63) is 53.6 Å². The first kappa shape index (κ1) is 21.7. The van der Waals surface area contributed by atoms with Crippen molar-refractivity contribution in [2.75, 3.05) is 20.2 Å². The highest BCUT2D eigenvalue weighted by Crippen LogP contribution is 2.29. The standard InChI is InChI=1S/C25H28N4O3/c1-6-21-20-12-14-28(15-17-7-9-19(31-5)10-8-17)23(20)27-22(26-21)18-11-13-29(16-18)24(30)32-25(2,3)4/h1,7-10,12,14,18H,11,13,15-16H2,2-5H3. The van der Waals surface area contributed by atoms with E-state index in [2.05, 4.69) is 15.5 Å². The van der Waals surface area contributed by atoms with Gasteiger partial charge in [-0.1, -0.05) is 12.1 Å². The van der Waals surface area contributed by atoms with Gasteiger partial charge in [-0.3, -0.25) is 0 Å². The van der Waals surface area contributed by atoms with Gasteiger partial charge in [-0.05, 0) is 56.9 Å². The number of likely N-dealkylation sites (tertiary alicyclic amines) is 1. The van der Waals surface area contributed by atoms with E-state index in [0.29, 0.717) is 31.2 Å². The summed E-state index contributed by atoms with van der Waals surface area (Å²) in [6.45, 7) is 7.38. The minimum absolute atomic E-state index is 0.0170. The number of terminal acetylenes is 1. The second-order valence-electron chi connectivity index (χ2n) is 9.02. The molecule has 0 aliphatic carbocycles. The lowest BCUT2D eigenvalue weighted by Crippen LogP contribution is -2.35.